The lowest BCUT2D eigenvalue weighted by molar-refractivity contribution is 0.136. The second-order valence-corrected chi connectivity index (χ2v) is 4.15. The molecular formula is C13H19N5O2. The average molecular weight is 277 g/mol. The van der Waals surface area contributed by atoms with Crippen LogP contribution < -0.4 is 10.5 Å². The van der Waals surface area contributed by atoms with Crippen LogP contribution in [0, 0.1) is 0 Å². The summed E-state index contributed by atoms with van der Waals surface area (Å²) >= 11 is 0. The van der Waals surface area contributed by atoms with Crippen molar-refractivity contribution in [2.45, 2.75) is 20.4 Å². The Bertz CT molecular complexity index is 555. The van der Waals surface area contributed by atoms with Crippen molar-refractivity contribution in [1.82, 2.24) is 20.2 Å². The number of tetrazole rings is 1. The van der Waals surface area contributed by atoms with Gasteiger partial charge in [0.05, 0.1) is 19.8 Å². The van der Waals surface area contributed by atoms with Crippen LogP contribution in [0.2, 0.25) is 0 Å². The third-order valence-corrected chi connectivity index (χ3v) is 2.68. The Morgan fingerprint density at radius 2 is 2.05 bits per heavy atom. The fourth-order valence-electron chi connectivity index (χ4n) is 1.86. The first-order valence-electron chi connectivity index (χ1n) is 6.62. The standard InChI is InChI=1S/C13H19N5O2/c1-3-19-6-5-18-13(15-16-17-18)10-7-11(14)9-12(8-10)20-4-2/h7-9H,3-6,14H2,1-2H3. The van der Waals surface area contributed by atoms with Gasteiger partial charge in [-0.05, 0) is 36.4 Å². The number of rotatable bonds is 7. The summed E-state index contributed by atoms with van der Waals surface area (Å²) in [6.45, 7) is 6.29. The number of aromatic nitrogens is 4. The molecule has 2 rings (SSSR count). The van der Waals surface area contributed by atoms with Crippen LogP contribution in [-0.2, 0) is 11.3 Å². The van der Waals surface area contributed by atoms with Crippen LogP contribution in [0.4, 0.5) is 5.69 Å². The molecule has 0 fully saturated rings. The summed E-state index contributed by atoms with van der Waals surface area (Å²) in [6.07, 6.45) is 0. The zero-order chi connectivity index (χ0) is 14.4. The quantitative estimate of drug-likeness (QED) is 0.607. The van der Waals surface area contributed by atoms with E-state index in [9.17, 15) is 0 Å². The van der Waals surface area contributed by atoms with Gasteiger partial charge in [-0.3, -0.25) is 0 Å². The van der Waals surface area contributed by atoms with E-state index < -0.39 is 0 Å². The minimum Gasteiger partial charge on any atom is -0.494 e. The minimum absolute atomic E-state index is 0.565. The molecule has 0 spiro atoms. The van der Waals surface area contributed by atoms with E-state index in [-0.39, 0.29) is 0 Å². The van der Waals surface area contributed by atoms with Crippen LogP contribution in [0.15, 0.2) is 18.2 Å². The summed E-state index contributed by atoms with van der Waals surface area (Å²) in [5, 5.41) is 11.7. The SMILES string of the molecule is CCOCCn1nnnc1-c1cc(N)cc(OCC)c1. The topological polar surface area (TPSA) is 88.1 Å². The summed E-state index contributed by atoms with van der Waals surface area (Å²) in [6, 6.07) is 5.48. The van der Waals surface area contributed by atoms with Gasteiger partial charge in [0.15, 0.2) is 5.82 Å². The second kappa shape index (κ2) is 6.85. The molecule has 0 aliphatic rings. The average Bonchev–Trinajstić information content (AvgIpc) is 2.87. The highest BCUT2D eigenvalue weighted by Gasteiger charge is 2.11. The Hall–Kier alpha value is -2.15. The molecule has 20 heavy (non-hydrogen) atoms. The number of hydrogen-bond donors (Lipinski definition) is 1. The lowest BCUT2D eigenvalue weighted by Gasteiger charge is -2.08. The fraction of sp³-hybridized carbons (Fsp3) is 0.462. The lowest BCUT2D eigenvalue weighted by atomic mass is 10.2. The summed E-state index contributed by atoms with van der Waals surface area (Å²) in [5.41, 5.74) is 7.33. The lowest BCUT2D eigenvalue weighted by Crippen LogP contribution is -2.09. The van der Waals surface area contributed by atoms with Crippen molar-refractivity contribution >= 4 is 5.69 Å². The zero-order valence-electron chi connectivity index (χ0n) is 11.7. The van der Waals surface area contributed by atoms with Crippen LogP contribution in [0.3, 0.4) is 0 Å². The van der Waals surface area contributed by atoms with Gasteiger partial charge in [-0.15, -0.1) is 5.10 Å². The summed E-state index contributed by atoms with van der Waals surface area (Å²) in [7, 11) is 0. The van der Waals surface area contributed by atoms with E-state index in [1.54, 1.807) is 10.7 Å². The number of nitrogens with zero attached hydrogens (tertiary/aromatic N) is 4. The van der Waals surface area contributed by atoms with Gasteiger partial charge in [-0.2, -0.15) is 0 Å². The predicted molar refractivity (Wildman–Crippen MR) is 75.3 cm³/mol. The van der Waals surface area contributed by atoms with E-state index in [0.29, 0.717) is 43.6 Å². The maximum absolute atomic E-state index is 5.88. The van der Waals surface area contributed by atoms with Crippen LogP contribution in [0.1, 0.15) is 13.8 Å². The highest BCUT2D eigenvalue weighted by molar-refractivity contribution is 5.64. The van der Waals surface area contributed by atoms with E-state index in [4.69, 9.17) is 15.2 Å². The Morgan fingerprint density at radius 1 is 1.20 bits per heavy atom. The van der Waals surface area contributed by atoms with Gasteiger partial charge in [0, 0.05) is 23.9 Å². The third-order valence-electron chi connectivity index (χ3n) is 2.68. The van der Waals surface area contributed by atoms with E-state index in [1.807, 2.05) is 26.0 Å². The molecule has 0 saturated heterocycles. The van der Waals surface area contributed by atoms with Gasteiger partial charge < -0.3 is 15.2 Å². The van der Waals surface area contributed by atoms with E-state index in [0.717, 1.165) is 5.56 Å². The van der Waals surface area contributed by atoms with Crippen molar-refractivity contribution in [2.75, 3.05) is 25.6 Å². The molecule has 108 valence electrons. The highest BCUT2D eigenvalue weighted by atomic mass is 16.5. The molecule has 1 aromatic heterocycles. The first-order chi connectivity index (χ1) is 9.74. The van der Waals surface area contributed by atoms with Crippen LogP contribution in [-0.4, -0.2) is 40.0 Å². The monoisotopic (exact) mass is 277 g/mol. The maximum atomic E-state index is 5.88. The molecule has 0 atom stereocenters. The van der Waals surface area contributed by atoms with Crippen LogP contribution in [0.5, 0.6) is 5.75 Å². The van der Waals surface area contributed by atoms with E-state index in [2.05, 4.69) is 15.5 Å². The third kappa shape index (κ3) is 3.45. The highest BCUT2D eigenvalue weighted by Crippen LogP contribution is 2.25. The number of ether oxygens (including phenoxy) is 2. The predicted octanol–water partition coefficient (Wildman–Crippen LogP) is 1.36. The molecule has 2 N–H and O–H groups in total. The van der Waals surface area contributed by atoms with Gasteiger partial charge in [-0.25, -0.2) is 4.68 Å². The van der Waals surface area contributed by atoms with Gasteiger partial charge >= 0.3 is 0 Å². The molecule has 0 bridgehead atoms. The molecule has 1 aromatic carbocycles. The van der Waals surface area contributed by atoms with Crippen molar-refractivity contribution in [3.05, 3.63) is 18.2 Å². The Kier molecular flexibility index (Phi) is 4.89. The van der Waals surface area contributed by atoms with Crippen molar-refractivity contribution in [3.63, 3.8) is 0 Å². The normalized spacial score (nSPS) is 10.7. The number of anilines is 1. The van der Waals surface area contributed by atoms with Gasteiger partial charge in [-0.1, -0.05) is 0 Å². The molecule has 2 aromatic rings. The van der Waals surface area contributed by atoms with Crippen LogP contribution >= 0.6 is 0 Å². The first kappa shape index (κ1) is 14.3. The molecule has 0 unspecified atom stereocenters. The molecular weight excluding hydrogens is 258 g/mol. The first-order valence-corrected chi connectivity index (χ1v) is 6.62. The Morgan fingerprint density at radius 3 is 2.80 bits per heavy atom. The number of hydrogen-bond acceptors (Lipinski definition) is 6. The van der Waals surface area contributed by atoms with Gasteiger partial charge in [0.2, 0.25) is 0 Å². The summed E-state index contributed by atoms with van der Waals surface area (Å²) < 4.78 is 12.5. The minimum atomic E-state index is 0.565. The van der Waals surface area contributed by atoms with E-state index in [1.165, 1.54) is 0 Å². The fourth-order valence-corrected chi connectivity index (χ4v) is 1.86. The van der Waals surface area contributed by atoms with E-state index >= 15 is 0 Å². The largest absolute Gasteiger partial charge is 0.494 e. The smallest absolute Gasteiger partial charge is 0.182 e. The van der Waals surface area contributed by atoms with Gasteiger partial charge in [0.25, 0.3) is 0 Å². The molecule has 7 heteroatoms. The molecule has 0 radical (unpaired) electrons. The maximum Gasteiger partial charge on any atom is 0.182 e. The van der Waals surface area contributed by atoms with Crippen molar-refractivity contribution in [3.8, 4) is 17.1 Å². The Labute approximate surface area is 117 Å². The summed E-state index contributed by atoms with van der Waals surface area (Å²) in [5.74, 6) is 1.36. The molecule has 7 nitrogen and oxygen atoms in total. The molecule has 0 saturated carbocycles. The molecule has 0 amide bonds. The van der Waals surface area contributed by atoms with Crippen molar-refractivity contribution in [2.24, 2.45) is 0 Å². The van der Waals surface area contributed by atoms with Gasteiger partial charge in [0.1, 0.15) is 5.75 Å². The van der Waals surface area contributed by atoms with Crippen LogP contribution in [0.25, 0.3) is 11.4 Å². The van der Waals surface area contributed by atoms with Crippen molar-refractivity contribution in [1.29, 1.82) is 0 Å². The number of nitrogen functional groups attached to an aromatic ring is 1. The number of benzene rings is 1. The Balaban J connectivity index is 2.24. The number of nitrogens with two attached hydrogens (primary N) is 1. The van der Waals surface area contributed by atoms with Crippen molar-refractivity contribution < 1.29 is 9.47 Å². The second-order valence-electron chi connectivity index (χ2n) is 4.15. The zero-order valence-corrected chi connectivity index (χ0v) is 11.7. The molecule has 0 aliphatic heterocycles. The summed E-state index contributed by atoms with van der Waals surface area (Å²) in [4.78, 5) is 0. The molecule has 1 heterocycles. The molecule has 0 aliphatic carbocycles.